The zero-order chi connectivity index (χ0) is 9.03. The Hall–Kier alpha value is -0.0400. The van der Waals surface area contributed by atoms with Crippen molar-refractivity contribution >= 4 is 0 Å². The minimum absolute atomic E-state index is 0. The van der Waals surface area contributed by atoms with E-state index < -0.39 is 0 Å². The first-order chi connectivity index (χ1) is 5.58. The van der Waals surface area contributed by atoms with Crippen LogP contribution in [0.25, 0.3) is 0 Å². The molecule has 1 fully saturated rings. The van der Waals surface area contributed by atoms with Crippen LogP contribution in [0.1, 0.15) is 60.3 Å². The Morgan fingerprint density at radius 1 is 1.08 bits per heavy atom. The van der Waals surface area contributed by atoms with Gasteiger partial charge in [-0.15, -0.1) is 0 Å². The number of hydrogen-bond acceptors (Lipinski definition) is 1. The van der Waals surface area contributed by atoms with Crippen LogP contribution in [0, 0.1) is 5.92 Å². The zero-order valence-electron chi connectivity index (χ0n) is 8.82. The molecule has 0 atom stereocenters. The molecule has 0 aromatic carbocycles. The molecule has 1 nitrogen and oxygen atoms in total. The Labute approximate surface area is 84.3 Å². The van der Waals surface area contributed by atoms with Crippen LogP contribution in [0.5, 0.6) is 0 Å². The van der Waals surface area contributed by atoms with E-state index >= 15 is 0 Å². The number of nitrogens with one attached hydrogen (secondary N) is 1. The Bertz CT molecular complexity index is 118. The van der Waals surface area contributed by atoms with Crippen molar-refractivity contribution in [3.05, 3.63) is 0 Å². The molecule has 13 heavy (non-hydrogen) atoms. The molecule has 0 heterocycles. The van der Waals surface area contributed by atoms with Crippen LogP contribution < -0.4 is 5.32 Å². The summed E-state index contributed by atoms with van der Waals surface area (Å²) in [5.41, 5.74) is 0.303. The largest absolute Gasteiger partial charge is 0.312 e. The maximum absolute atomic E-state index is 3.59. The summed E-state index contributed by atoms with van der Waals surface area (Å²) in [6.07, 6.45) is 7.27. The summed E-state index contributed by atoms with van der Waals surface area (Å²) < 4.78 is 0. The summed E-state index contributed by atoms with van der Waals surface area (Å²) in [7, 11) is 0. The molecule has 0 saturated heterocycles. The van der Waals surface area contributed by atoms with E-state index in [1.807, 2.05) is 0 Å². The van der Waals surface area contributed by atoms with E-state index in [-0.39, 0.29) is 7.43 Å². The lowest BCUT2D eigenvalue weighted by Gasteiger charge is -2.27. The van der Waals surface area contributed by atoms with Crippen LogP contribution in [0.2, 0.25) is 0 Å². The average Bonchev–Trinajstić information content (AvgIpc) is 2.02. The number of hydrogen-bond donors (Lipinski definition) is 1. The lowest BCUT2D eigenvalue weighted by atomic mass is 9.89. The van der Waals surface area contributed by atoms with E-state index in [2.05, 4.69) is 26.1 Å². The lowest BCUT2D eigenvalue weighted by molar-refractivity contribution is 0.304. The van der Waals surface area contributed by atoms with E-state index in [4.69, 9.17) is 0 Å². The molecular formula is C12H27N. The number of rotatable bonds is 2. The van der Waals surface area contributed by atoms with Crippen molar-refractivity contribution in [2.45, 2.75) is 65.8 Å². The second-order valence-electron chi connectivity index (χ2n) is 5.13. The summed E-state index contributed by atoms with van der Waals surface area (Å²) in [5.74, 6) is 0.956. The quantitative estimate of drug-likeness (QED) is 0.693. The summed E-state index contributed by atoms with van der Waals surface area (Å²) in [5, 5.41) is 3.59. The van der Waals surface area contributed by atoms with Crippen molar-refractivity contribution in [1.29, 1.82) is 0 Å². The average molecular weight is 185 g/mol. The van der Waals surface area contributed by atoms with Gasteiger partial charge in [-0.05, 0) is 46.1 Å². The standard InChI is InChI=1S/C11H23N.CH4/c1-11(2,3)12-9-10-7-5-4-6-8-10;/h10,12H,4-9H2,1-3H3;1H4. The zero-order valence-corrected chi connectivity index (χ0v) is 8.82. The fraction of sp³-hybridized carbons (Fsp3) is 1.00. The normalized spacial score (nSPS) is 19.6. The first-order valence-corrected chi connectivity index (χ1v) is 5.33. The highest BCUT2D eigenvalue weighted by Crippen LogP contribution is 2.23. The van der Waals surface area contributed by atoms with Gasteiger partial charge in [-0.25, -0.2) is 0 Å². The van der Waals surface area contributed by atoms with Crippen molar-refractivity contribution < 1.29 is 0 Å². The van der Waals surface area contributed by atoms with Gasteiger partial charge < -0.3 is 5.32 Å². The van der Waals surface area contributed by atoms with Crippen LogP contribution >= 0.6 is 0 Å². The van der Waals surface area contributed by atoms with E-state index in [0.717, 1.165) is 5.92 Å². The molecule has 1 aliphatic rings. The first kappa shape index (κ1) is 13.0. The Morgan fingerprint density at radius 2 is 1.62 bits per heavy atom. The molecule has 0 aromatic rings. The fourth-order valence-electron chi connectivity index (χ4n) is 1.84. The lowest BCUT2D eigenvalue weighted by Crippen LogP contribution is -2.39. The molecule has 1 rings (SSSR count). The molecule has 1 saturated carbocycles. The van der Waals surface area contributed by atoms with Crippen molar-refractivity contribution in [2.75, 3.05) is 6.54 Å². The van der Waals surface area contributed by atoms with E-state index in [1.54, 1.807) is 0 Å². The van der Waals surface area contributed by atoms with Crippen molar-refractivity contribution in [3.8, 4) is 0 Å². The van der Waals surface area contributed by atoms with Gasteiger partial charge in [0.05, 0.1) is 0 Å². The molecule has 0 radical (unpaired) electrons. The summed E-state index contributed by atoms with van der Waals surface area (Å²) >= 11 is 0. The van der Waals surface area contributed by atoms with Gasteiger partial charge in [-0.1, -0.05) is 26.7 Å². The Kier molecular flexibility index (Phi) is 5.62. The topological polar surface area (TPSA) is 12.0 Å². The van der Waals surface area contributed by atoms with Gasteiger partial charge in [-0.2, -0.15) is 0 Å². The van der Waals surface area contributed by atoms with E-state index in [9.17, 15) is 0 Å². The second kappa shape index (κ2) is 5.64. The third-order valence-corrected chi connectivity index (χ3v) is 2.65. The van der Waals surface area contributed by atoms with Gasteiger partial charge in [0.1, 0.15) is 0 Å². The van der Waals surface area contributed by atoms with Crippen LogP contribution in [0.15, 0.2) is 0 Å². The fourth-order valence-corrected chi connectivity index (χ4v) is 1.84. The van der Waals surface area contributed by atoms with Gasteiger partial charge in [0, 0.05) is 5.54 Å². The first-order valence-electron chi connectivity index (χ1n) is 5.33. The predicted octanol–water partition coefficient (Wildman–Crippen LogP) is 3.59. The highest BCUT2D eigenvalue weighted by atomic mass is 14.9. The van der Waals surface area contributed by atoms with Crippen LogP contribution in [0.3, 0.4) is 0 Å². The summed E-state index contributed by atoms with van der Waals surface area (Å²) in [4.78, 5) is 0. The minimum Gasteiger partial charge on any atom is -0.312 e. The smallest absolute Gasteiger partial charge is 0.00966 e. The minimum atomic E-state index is 0. The third kappa shape index (κ3) is 6.09. The Balaban J connectivity index is 0.00000144. The second-order valence-corrected chi connectivity index (χ2v) is 5.13. The van der Waals surface area contributed by atoms with Crippen LogP contribution in [-0.2, 0) is 0 Å². The summed E-state index contributed by atoms with van der Waals surface area (Å²) in [6.45, 7) is 7.96. The molecule has 0 spiro atoms. The van der Waals surface area contributed by atoms with Crippen LogP contribution in [0.4, 0.5) is 0 Å². The SMILES string of the molecule is C.CC(C)(C)NCC1CCCCC1. The molecule has 1 N–H and O–H groups in total. The highest BCUT2D eigenvalue weighted by Gasteiger charge is 2.16. The molecule has 0 bridgehead atoms. The van der Waals surface area contributed by atoms with Gasteiger partial charge in [0.15, 0.2) is 0 Å². The van der Waals surface area contributed by atoms with Gasteiger partial charge in [0.25, 0.3) is 0 Å². The molecule has 0 amide bonds. The van der Waals surface area contributed by atoms with Crippen molar-refractivity contribution in [1.82, 2.24) is 5.32 Å². The molecule has 0 unspecified atom stereocenters. The molecule has 1 aliphatic carbocycles. The predicted molar refractivity (Wildman–Crippen MR) is 61.1 cm³/mol. The van der Waals surface area contributed by atoms with Gasteiger partial charge in [0.2, 0.25) is 0 Å². The molecular weight excluding hydrogens is 158 g/mol. The van der Waals surface area contributed by atoms with Gasteiger partial charge in [-0.3, -0.25) is 0 Å². The Morgan fingerprint density at radius 3 is 2.08 bits per heavy atom. The van der Waals surface area contributed by atoms with Crippen LogP contribution in [-0.4, -0.2) is 12.1 Å². The molecule has 0 aliphatic heterocycles. The maximum atomic E-state index is 3.59. The van der Waals surface area contributed by atoms with Gasteiger partial charge >= 0.3 is 0 Å². The van der Waals surface area contributed by atoms with E-state index in [0.29, 0.717) is 5.54 Å². The van der Waals surface area contributed by atoms with Crippen molar-refractivity contribution in [3.63, 3.8) is 0 Å². The third-order valence-electron chi connectivity index (χ3n) is 2.65. The maximum Gasteiger partial charge on any atom is 0.00966 e. The summed E-state index contributed by atoms with van der Waals surface area (Å²) in [6, 6.07) is 0. The molecule has 1 heteroatoms. The van der Waals surface area contributed by atoms with E-state index in [1.165, 1.54) is 38.6 Å². The molecule has 0 aromatic heterocycles. The molecule has 80 valence electrons. The monoisotopic (exact) mass is 185 g/mol. The highest BCUT2D eigenvalue weighted by molar-refractivity contribution is 4.75. The van der Waals surface area contributed by atoms with Crippen molar-refractivity contribution in [2.24, 2.45) is 5.92 Å².